The van der Waals surface area contributed by atoms with Gasteiger partial charge in [-0.25, -0.2) is 0 Å². The number of amides is 1. The van der Waals surface area contributed by atoms with Crippen molar-refractivity contribution >= 4 is 23.2 Å². The Morgan fingerprint density at radius 2 is 1.95 bits per heavy atom. The van der Waals surface area contributed by atoms with Crippen LogP contribution in [0, 0.1) is 6.92 Å². The molecule has 2 aromatic carbocycles. The smallest absolute Gasteiger partial charge is 0.227 e. The summed E-state index contributed by atoms with van der Waals surface area (Å²) in [5.74, 6) is -0.270. The second-order valence-corrected chi connectivity index (χ2v) is 5.07. The largest absolute Gasteiger partial charge is 0.388 e. The van der Waals surface area contributed by atoms with Crippen LogP contribution in [0.1, 0.15) is 23.7 Å². The number of anilines is 1. The van der Waals surface area contributed by atoms with E-state index in [0.29, 0.717) is 10.7 Å². The molecule has 2 aromatic rings. The number of hydrogen-bond donors (Lipinski definition) is 2. The van der Waals surface area contributed by atoms with Crippen molar-refractivity contribution in [3.63, 3.8) is 0 Å². The number of nitrogens with one attached hydrogen (secondary N) is 1. The van der Waals surface area contributed by atoms with E-state index in [-0.39, 0.29) is 12.3 Å². The number of carbonyl (C=O) groups is 1. The van der Waals surface area contributed by atoms with E-state index in [2.05, 4.69) is 5.32 Å². The average molecular weight is 290 g/mol. The summed E-state index contributed by atoms with van der Waals surface area (Å²) >= 11 is 6.02. The first-order valence-electron chi connectivity index (χ1n) is 6.35. The zero-order valence-corrected chi connectivity index (χ0v) is 11.9. The quantitative estimate of drug-likeness (QED) is 0.901. The van der Waals surface area contributed by atoms with Gasteiger partial charge in [-0.1, -0.05) is 48.0 Å². The Morgan fingerprint density at radius 1 is 1.25 bits per heavy atom. The van der Waals surface area contributed by atoms with Gasteiger partial charge in [0, 0.05) is 0 Å². The number of aliphatic hydroxyl groups excluding tert-OH is 1. The summed E-state index contributed by atoms with van der Waals surface area (Å²) < 4.78 is 0. The van der Waals surface area contributed by atoms with Gasteiger partial charge in [0.05, 0.1) is 23.2 Å². The molecule has 0 aliphatic heterocycles. The molecule has 4 heteroatoms. The van der Waals surface area contributed by atoms with E-state index in [0.717, 1.165) is 11.1 Å². The average Bonchev–Trinajstić information content (AvgIpc) is 2.43. The molecule has 3 nitrogen and oxygen atoms in total. The molecular weight excluding hydrogens is 274 g/mol. The molecule has 0 heterocycles. The van der Waals surface area contributed by atoms with Crippen molar-refractivity contribution in [1.82, 2.24) is 0 Å². The van der Waals surface area contributed by atoms with Crippen LogP contribution in [0.15, 0.2) is 48.5 Å². The van der Waals surface area contributed by atoms with Crippen molar-refractivity contribution in [2.24, 2.45) is 0 Å². The molecule has 104 valence electrons. The molecule has 20 heavy (non-hydrogen) atoms. The number of halogens is 1. The maximum Gasteiger partial charge on any atom is 0.227 e. The van der Waals surface area contributed by atoms with Crippen molar-refractivity contribution < 1.29 is 9.90 Å². The highest BCUT2D eigenvalue weighted by atomic mass is 35.5. The highest BCUT2D eigenvalue weighted by molar-refractivity contribution is 6.33. The van der Waals surface area contributed by atoms with Crippen LogP contribution in [0.4, 0.5) is 5.69 Å². The van der Waals surface area contributed by atoms with Crippen molar-refractivity contribution in [2.45, 2.75) is 19.4 Å². The van der Waals surface area contributed by atoms with Crippen molar-refractivity contribution in [2.75, 3.05) is 5.32 Å². The summed E-state index contributed by atoms with van der Waals surface area (Å²) in [5.41, 5.74) is 2.29. The zero-order valence-electron chi connectivity index (χ0n) is 11.1. The number of aryl methyl sites for hydroxylation is 1. The maximum atomic E-state index is 11.9. The monoisotopic (exact) mass is 289 g/mol. The second-order valence-electron chi connectivity index (χ2n) is 4.66. The van der Waals surface area contributed by atoms with Gasteiger partial charge in [0.15, 0.2) is 0 Å². The van der Waals surface area contributed by atoms with E-state index in [1.54, 1.807) is 24.3 Å². The number of hydrogen-bond acceptors (Lipinski definition) is 2. The standard InChI is InChI=1S/C16H16ClNO2/c1-11-7-8-13(17)14(9-11)18-16(20)10-15(19)12-5-3-2-4-6-12/h2-9,15,19H,10H2,1H3,(H,18,20). The van der Waals surface area contributed by atoms with Crippen LogP contribution in [0.5, 0.6) is 0 Å². The number of rotatable bonds is 4. The lowest BCUT2D eigenvalue weighted by atomic mass is 10.1. The Hall–Kier alpha value is -1.84. The minimum Gasteiger partial charge on any atom is -0.388 e. The first kappa shape index (κ1) is 14.6. The molecule has 0 bridgehead atoms. The summed E-state index contributed by atoms with van der Waals surface area (Å²) in [7, 11) is 0. The lowest BCUT2D eigenvalue weighted by Gasteiger charge is -2.12. The fourth-order valence-electron chi connectivity index (χ4n) is 1.90. The predicted octanol–water partition coefficient (Wildman–Crippen LogP) is 3.71. The van der Waals surface area contributed by atoms with E-state index < -0.39 is 6.10 Å². The van der Waals surface area contributed by atoms with Gasteiger partial charge in [-0.05, 0) is 30.2 Å². The number of benzene rings is 2. The highest BCUT2D eigenvalue weighted by Crippen LogP contribution is 2.24. The first-order valence-corrected chi connectivity index (χ1v) is 6.73. The zero-order chi connectivity index (χ0) is 14.5. The summed E-state index contributed by atoms with van der Waals surface area (Å²) in [6.07, 6.45) is -0.825. The van der Waals surface area contributed by atoms with E-state index in [1.165, 1.54) is 0 Å². The van der Waals surface area contributed by atoms with Gasteiger partial charge >= 0.3 is 0 Å². The molecule has 2 rings (SSSR count). The summed E-state index contributed by atoms with van der Waals surface area (Å²) in [4.78, 5) is 11.9. The summed E-state index contributed by atoms with van der Waals surface area (Å²) in [5, 5.41) is 13.2. The molecule has 0 spiro atoms. The maximum absolute atomic E-state index is 11.9. The van der Waals surface area contributed by atoms with Gasteiger partial charge in [0.25, 0.3) is 0 Å². The molecule has 0 aliphatic rings. The molecule has 0 aromatic heterocycles. The van der Waals surface area contributed by atoms with Gasteiger partial charge in [0.2, 0.25) is 5.91 Å². The molecule has 2 N–H and O–H groups in total. The topological polar surface area (TPSA) is 49.3 Å². The van der Waals surface area contributed by atoms with Gasteiger partial charge < -0.3 is 10.4 Å². The molecule has 0 saturated heterocycles. The van der Waals surface area contributed by atoms with Crippen LogP contribution < -0.4 is 5.32 Å². The molecule has 1 atom stereocenters. The van der Waals surface area contributed by atoms with E-state index in [1.807, 2.05) is 31.2 Å². The third-order valence-electron chi connectivity index (χ3n) is 2.96. The lowest BCUT2D eigenvalue weighted by Crippen LogP contribution is -2.15. The van der Waals surface area contributed by atoms with Crippen molar-refractivity contribution in [3.8, 4) is 0 Å². The minimum atomic E-state index is -0.820. The van der Waals surface area contributed by atoms with E-state index in [9.17, 15) is 9.90 Å². The summed E-state index contributed by atoms with van der Waals surface area (Å²) in [6, 6.07) is 14.5. The van der Waals surface area contributed by atoms with Crippen LogP contribution >= 0.6 is 11.6 Å². The predicted molar refractivity (Wildman–Crippen MR) is 80.8 cm³/mol. The van der Waals surface area contributed by atoms with Crippen LogP contribution in [0.3, 0.4) is 0 Å². The SMILES string of the molecule is Cc1ccc(Cl)c(NC(=O)CC(O)c2ccccc2)c1. The van der Waals surface area contributed by atoms with Crippen LogP contribution in [0.25, 0.3) is 0 Å². The molecule has 1 unspecified atom stereocenters. The Morgan fingerprint density at radius 3 is 2.65 bits per heavy atom. The number of carbonyl (C=O) groups excluding carboxylic acids is 1. The van der Waals surface area contributed by atoms with Gasteiger partial charge in [-0.3, -0.25) is 4.79 Å². The minimum absolute atomic E-state index is 0.00567. The van der Waals surface area contributed by atoms with E-state index >= 15 is 0 Å². The molecule has 0 fully saturated rings. The van der Waals surface area contributed by atoms with Crippen LogP contribution in [0.2, 0.25) is 5.02 Å². The Bertz CT molecular complexity index is 599. The van der Waals surface area contributed by atoms with Crippen LogP contribution in [-0.2, 0) is 4.79 Å². The second kappa shape index (κ2) is 6.55. The summed E-state index contributed by atoms with van der Waals surface area (Å²) in [6.45, 7) is 1.92. The van der Waals surface area contributed by atoms with E-state index in [4.69, 9.17) is 11.6 Å². The Kier molecular flexibility index (Phi) is 4.77. The fraction of sp³-hybridized carbons (Fsp3) is 0.188. The van der Waals surface area contributed by atoms with Gasteiger partial charge in [-0.15, -0.1) is 0 Å². The molecule has 1 amide bonds. The number of aliphatic hydroxyl groups is 1. The van der Waals surface area contributed by atoms with Gasteiger partial charge in [-0.2, -0.15) is 0 Å². The molecular formula is C16H16ClNO2. The molecule has 0 saturated carbocycles. The molecule has 0 aliphatic carbocycles. The fourth-order valence-corrected chi connectivity index (χ4v) is 2.07. The van der Waals surface area contributed by atoms with Gasteiger partial charge in [0.1, 0.15) is 0 Å². The molecule has 0 radical (unpaired) electrons. The Labute approximate surface area is 123 Å². The Balaban J connectivity index is 2.01. The first-order chi connectivity index (χ1) is 9.56. The van der Waals surface area contributed by atoms with Crippen molar-refractivity contribution in [1.29, 1.82) is 0 Å². The lowest BCUT2D eigenvalue weighted by molar-refractivity contribution is -0.118. The third-order valence-corrected chi connectivity index (χ3v) is 3.29. The van der Waals surface area contributed by atoms with Crippen LogP contribution in [-0.4, -0.2) is 11.0 Å². The van der Waals surface area contributed by atoms with Crippen molar-refractivity contribution in [3.05, 3.63) is 64.7 Å². The highest BCUT2D eigenvalue weighted by Gasteiger charge is 2.13. The normalized spacial score (nSPS) is 11.9. The third kappa shape index (κ3) is 3.83.